The summed E-state index contributed by atoms with van der Waals surface area (Å²) in [5.74, 6) is -0.118. The predicted octanol–water partition coefficient (Wildman–Crippen LogP) is 6.27. The standard InChI is InChI=1S/C25H37NO4S/c1-3-4-5-6-7-8-9-10-11-12-25(27)23-14-13-22-20-24(16-15-21(22)19-23)26(2)17-18-31(28,29)30/h13-16,19-20H,3-12,17-18H2,1-2H3,(H,28,29,30). The lowest BCUT2D eigenvalue weighted by atomic mass is 10.00. The molecular weight excluding hydrogens is 410 g/mol. The first-order valence-electron chi connectivity index (χ1n) is 11.5. The SMILES string of the molecule is CCCCCCCCCCCC(=O)c1ccc2cc(N(C)CCS(=O)(=O)O)ccc2c1. The number of ketones is 1. The second-order valence-corrected chi connectivity index (χ2v) is 10.0. The monoisotopic (exact) mass is 447 g/mol. The molecule has 2 aromatic carbocycles. The molecule has 0 saturated carbocycles. The normalized spacial score (nSPS) is 11.7. The molecule has 172 valence electrons. The summed E-state index contributed by atoms with van der Waals surface area (Å²) < 4.78 is 30.8. The summed E-state index contributed by atoms with van der Waals surface area (Å²) in [5.41, 5.74) is 1.62. The predicted molar refractivity (Wildman–Crippen MR) is 130 cm³/mol. The van der Waals surface area contributed by atoms with E-state index in [2.05, 4.69) is 6.92 Å². The third-order valence-electron chi connectivity index (χ3n) is 5.78. The minimum Gasteiger partial charge on any atom is -0.373 e. The van der Waals surface area contributed by atoms with Crippen molar-refractivity contribution in [1.82, 2.24) is 0 Å². The summed E-state index contributed by atoms with van der Waals surface area (Å²) >= 11 is 0. The maximum absolute atomic E-state index is 12.6. The Hall–Kier alpha value is -1.92. The number of nitrogens with zero attached hydrogens (tertiary/aromatic N) is 1. The number of benzene rings is 2. The number of carbonyl (C=O) groups is 1. The third kappa shape index (κ3) is 9.40. The maximum atomic E-state index is 12.6. The Balaban J connectivity index is 1.82. The Morgan fingerprint density at radius 1 is 0.871 bits per heavy atom. The van der Waals surface area contributed by atoms with E-state index in [9.17, 15) is 13.2 Å². The first-order chi connectivity index (χ1) is 14.8. The van der Waals surface area contributed by atoms with Crippen molar-refractivity contribution in [2.75, 3.05) is 24.2 Å². The molecule has 0 aliphatic rings. The topological polar surface area (TPSA) is 74.7 Å². The molecule has 0 radical (unpaired) electrons. The van der Waals surface area contributed by atoms with Crippen LogP contribution in [0, 0.1) is 0 Å². The largest absolute Gasteiger partial charge is 0.373 e. The molecule has 0 amide bonds. The van der Waals surface area contributed by atoms with E-state index in [0.717, 1.165) is 34.9 Å². The second-order valence-electron chi connectivity index (χ2n) is 8.46. The zero-order valence-corrected chi connectivity index (χ0v) is 19.8. The number of Topliss-reactive ketones (excluding diaryl/α,β-unsaturated/α-hetero) is 1. The van der Waals surface area contributed by atoms with Gasteiger partial charge in [0.15, 0.2) is 5.78 Å². The molecule has 0 atom stereocenters. The molecule has 1 N–H and O–H groups in total. The van der Waals surface area contributed by atoms with Gasteiger partial charge in [-0.3, -0.25) is 9.35 Å². The smallest absolute Gasteiger partial charge is 0.266 e. The van der Waals surface area contributed by atoms with Gasteiger partial charge in [-0.1, -0.05) is 76.5 Å². The average Bonchev–Trinajstić information content (AvgIpc) is 2.75. The highest BCUT2D eigenvalue weighted by atomic mass is 32.2. The van der Waals surface area contributed by atoms with Gasteiger partial charge in [0.1, 0.15) is 0 Å². The Labute approximate surface area is 187 Å². The molecule has 6 heteroatoms. The van der Waals surface area contributed by atoms with E-state index in [0.29, 0.717) is 6.42 Å². The molecule has 0 bridgehead atoms. The zero-order valence-electron chi connectivity index (χ0n) is 19.0. The average molecular weight is 448 g/mol. The van der Waals surface area contributed by atoms with Crippen LogP contribution in [0.1, 0.15) is 81.5 Å². The van der Waals surface area contributed by atoms with E-state index >= 15 is 0 Å². The summed E-state index contributed by atoms with van der Waals surface area (Å²) in [6, 6.07) is 11.6. The first kappa shape index (κ1) is 25.3. The first-order valence-corrected chi connectivity index (χ1v) is 13.1. The van der Waals surface area contributed by atoms with Gasteiger partial charge in [-0.2, -0.15) is 8.42 Å². The van der Waals surface area contributed by atoms with Gasteiger partial charge in [0.05, 0.1) is 5.75 Å². The summed E-state index contributed by atoms with van der Waals surface area (Å²) in [6.07, 6.45) is 11.8. The van der Waals surface area contributed by atoms with Gasteiger partial charge in [0, 0.05) is 31.3 Å². The van der Waals surface area contributed by atoms with Gasteiger partial charge in [-0.05, 0) is 35.4 Å². The zero-order chi connectivity index (χ0) is 22.7. The molecule has 31 heavy (non-hydrogen) atoms. The van der Waals surface area contributed by atoms with Gasteiger partial charge in [-0.25, -0.2) is 0 Å². The summed E-state index contributed by atoms with van der Waals surface area (Å²) in [6.45, 7) is 2.44. The van der Waals surface area contributed by atoms with Crippen LogP contribution in [-0.4, -0.2) is 38.1 Å². The minimum absolute atomic E-state index is 0.194. The van der Waals surface area contributed by atoms with Crippen LogP contribution in [0.25, 0.3) is 10.8 Å². The van der Waals surface area contributed by atoms with Crippen LogP contribution in [0.5, 0.6) is 0 Å². The van der Waals surface area contributed by atoms with E-state index in [1.807, 2.05) is 36.4 Å². The minimum atomic E-state index is -3.98. The van der Waals surface area contributed by atoms with Crippen LogP contribution in [0.2, 0.25) is 0 Å². The lowest BCUT2D eigenvalue weighted by molar-refractivity contribution is 0.0979. The lowest BCUT2D eigenvalue weighted by Gasteiger charge is -2.19. The molecule has 2 rings (SSSR count). The maximum Gasteiger partial charge on any atom is 0.266 e. The van der Waals surface area contributed by atoms with Crippen molar-refractivity contribution in [3.8, 4) is 0 Å². The fourth-order valence-electron chi connectivity index (χ4n) is 3.77. The van der Waals surface area contributed by atoms with Crippen molar-refractivity contribution < 1.29 is 17.8 Å². The number of anilines is 1. The fourth-order valence-corrected chi connectivity index (χ4v) is 4.27. The van der Waals surface area contributed by atoms with Crippen LogP contribution >= 0.6 is 0 Å². The van der Waals surface area contributed by atoms with Gasteiger partial charge < -0.3 is 4.90 Å². The Bertz CT molecular complexity index is 940. The lowest BCUT2D eigenvalue weighted by Crippen LogP contribution is -2.24. The van der Waals surface area contributed by atoms with E-state index in [4.69, 9.17) is 4.55 Å². The van der Waals surface area contributed by atoms with Crippen LogP contribution in [0.3, 0.4) is 0 Å². The second kappa shape index (κ2) is 12.8. The van der Waals surface area contributed by atoms with Gasteiger partial charge in [-0.15, -0.1) is 0 Å². The van der Waals surface area contributed by atoms with Crippen LogP contribution in [0.4, 0.5) is 5.69 Å². The number of unbranched alkanes of at least 4 members (excludes halogenated alkanes) is 8. The third-order valence-corrected chi connectivity index (χ3v) is 6.48. The highest BCUT2D eigenvalue weighted by Crippen LogP contribution is 2.23. The number of hydrogen-bond donors (Lipinski definition) is 1. The van der Waals surface area contributed by atoms with E-state index in [1.165, 1.54) is 44.9 Å². The molecule has 5 nitrogen and oxygen atoms in total. The van der Waals surface area contributed by atoms with Crippen molar-refractivity contribution in [2.45, 2.75) is 71.1 Å². The molecule has 2 aromatic rings. The Morgan fingerprint density at radius 2 is 1.45 bits per heavy atom. The molecule has 0 aliphatic heterocycles. The Kier molecular flexibility index (Phi) is 10.5. The molecular formula is C25H37NO4S. The summed E-state index contributed by atoms with van der Waals surface area (Å²) in [7, 11) is -2.20. The molecule has 0 saturated heterocycles. The highest BCUT2D eigenvalue weighted by molar-refractivity contribution is 7.85. The van der Waals surface area contributed by atoms with Crippen LogP contribution < -0.4 is 4.90 Å². The molecule has 0 heterocycles. The van der Waals surface area contributed by atoms with E-state index in [-0.39, 0.29) is 18.1 Å². The van der Waals surface area contributed by atoms with Crippen molar-refractivity contribution in [3.05, 3.63) is 42.0 Å². The van der Waals surface area contributed by atoms with Gasteiger partial charge in [0.25, 0.3) is 10.1 Å². The number of carbonyl (C=O) groups excluding carboxylic acids is 1. The molecule has 0 unspecified atom stereocenters. The highest BCUT2D eigenvalue weighted by Gasteiger charge is 2.10. The Morgan fingerprint density at radius 3 is 2.10 bits per heavy atom. The molecule has 0 aliphatic carbocycles. The van der Waals surface area contributed by atoms with Crippen molar-refractivity contribution in [2.24, 2.45) is 0 Å². The van der Waals surface area contributed by atoms with Crippen LogP contribution in [0.15, 0.2) is 36.4 Å². The molecule has 0 aromatic heterocycles. The number of fused-ring (bicyclic) bond motifs is 1. The molecule has 0 fully saturated rings. The van der Waals surface area contributed by atoms with Gasteiger partial charge in [0.2, 0.25) is 0 Å². The van der Waals surface area contributed by atoms with Crippen molar-refractivity contribution in [3.63, 3.8) is 0 Å². The summed E-state index contributed by atoms with van der Waals surface area (Å²) in [4.78, 5) is 14.3. The number of hydrogen-bond acceptors (Lipinski definition) is 4. The summed E-state index contributed by atoms with van der Waals surface area (Å²) in [5, 5.41) is 1.99. The van der Waals surface area contributed by atoms with Gasteiger partial charge >= 0.3 is 0 Å². The molecule has 0 spiro atoms. The van der Waals surface area contributed by atoms with Crippen molar-refractivity contribution in [1.29, 1.82) is 0 Å². The van der Waals surface area contributed by atoms with Crippen LogP contribution in [-0.2, 0) is 10.1 Å². The van der Waals surface area contributed by atoms with E-state index < -0.39 is 10.1 Å². The fraction of sp³-hybridized carbons (Fsp3) is 0.560. The number of rotatable bonds is 15. The quantitative estimate of drug-likeness (QED) is 0.198. The van der Waals surface area contributed by atoms with Crippen molar-refractivity contribution >= 4 is 32.4 Å². The van der Waals surface area contributed by atoms with E-state index in [1.54, 1.807) is 11.9 Å².